The lowest BCUT2D eigenvalue weighted by Gasteiger charge is -2.29. The van der Waals surface area contributed by atoms with E-state index in [9.17, 15) is 14.0 Å². The maximum absolute atomic E-state index is 14.0. The van der Waals surface area contributed by atoms with Crippen molar-refractivity contribution in [2.45, 2.75) is 38.6 Å². The van der Waals surface area contributed by atoms with Crippen molar-refractivity contribution in [3.8, 4) is 0 Å². The minimum Gasteiger partial charge on any atom is -0.354 e. The van der Waals surface area contributed by atoms with Crippen molar-refractivity contribution in [3.05, 3.63) is 69.5 Å². The van der Waals surface area contributed by atoms with E-state index in [2.05, 4.69) is 5.32 Å². The Labute approximate surface area is 191 Å². The van der Waals surface area contributed by atoms with Gasteiger partial charge in [0.05, 0.1) is 5.75 Å². The molecule has 2 rings (SSSR count). The van der Waals surface area contributed by atoms with Gasteiger partial charge in [0.1, 0.15) is 11.9 Å². The zero-order valence-electron chi connectivity index (χ0n) is 17.0. The molecule has 0 radical (unpaired) electrons. The molecule has 0 saturated heterocycles. The van der Waals surface area contributed by atoms with Gasteiger partial charge < -0.3 is 10.2 Å². The Kier molecular flexibility index (Phi) is 9.95. The summed E-state index contributed by atoms with van der Waals surface area (Å²) in [6.45, 7) is 4.46. The average molecular weight is 471 g/mol. The summed E-state index contributed by atoms with van der Waals surface area (Å²) < 4.78 is 14.0. The van der Waals surface area contributed by atoms with Gasteiger partial charge in [-0.1, -0.05) is 48.3 Å². The van der Waals surface area contributed by atoms with Crippen molar-refractivity contribution < 1.29 is 14.0 Å². The fourth-order valence-corrected chi connectivity index (χ4v) is 4.27. The molecule has 4 nitrogen and oxygen atoms in total. The molecule has 0 spiro atoms. The van der Waals surface area contributed by atoms with Crippen LogP contribution in [0.5, 0.6) is 0 Å². The summed E-state index contributed by atoms with van der Waals surface area (Å²) in [6.07, 6.45) is 0.806. The Morgan fingerprint density at radius 2 is 1.93 bits per heavy atom. The topological polar surface area (TPSA) is 49.4 Å². The maximum Gasteiger partial charge on any atom is 0.242 e. The fourth-order valence-electron chi connectivity index (χ4n) is 2.80. The minimum absolute atomic E-state index is 0.0939. The van der Waals surface area contributed by atoms with Crippen LogP contribution in [-0.2, 0) is 21.9 Å². The van der Waals surface area contributed by atoms with Gasteiger partial charge in [-0.05, 0) is 43.2 Å². The van der Waals surface area contributed by atoms with Crippen molar-refractivity contribution in [1.82, 2.24) is 10.2 Å². The van der Waals surface area contributed by atoms with Crippen LogP contribution in [-0.4, -0.2) is 35.1 Å². The van der Waals surface area contributed by atoms with E-state index in [4.69, 9.17) is 23.2 Å². The van der Waals surface area contributed by atoms with Gasteiger partial charge in [-0.25, -0.2) is 4.39 Å². The molecule has 2 amide bonds. The second-order valence-electron chi connectivity index (χ2n) is 6.81. The number of carbonyl (C=O) groups excluding carboxylic acids is 2. The third-order valence-corrected chi connectivity index (χ3v) is 6.03. The van der Waals surface area contributed by atoms with Crippen LogP contribution in [0.3, 0.4) is 0 Å². The summed E-state index contributed by atoms with van der Waals surface area (Å²) in [5.74, 6) is -0.471. The van der Waals surface area contributed by atoms with Crippen molar-refractivity contribution in [1.29, 1.82) is 0 Å². The molecule has 0 unspecified atom stereocenters. The molecular weight excluding hydrogens is 446 g/mol. The first-order valence-corrected chi connectivity index (χ1v) is 11.6. The number of benzene rings is 2. The lowest BCUT2D eigenvalue weighted by atomic mass is 10.1. The first-order valence-electron chi connectivity index (χ1n) is 9.65. The normalized spacial score (nSPS) is 11.8. The number of amides is 2. The Morgan fingerprint density at radius 3 is 2.60 bits per heavy atom. The Hall–Kier alpha value is -1.76. The van der Waals surface area contributed by atoms with Gasteiger partial charge in [0.15, 0.2) is 0 Å². The number of hydrogen-bond acceptors (Lipinski definition) is 3. The molecule has 0 heterocycles. The maximum atomic E-state index is 14.0. The molecule has 0 aliphatic rings. The standard InChI is InChI=1S/C22H25Cl2FN2O2S/c1-3-10-26-22(29)15(2)27(12-16-6-4-7-17(23)11-16)21(28)14-30-13-18-19(24)8-5-9-20(18)25/h4-9,11,15H,3,10,12-14H2,1-2H3,(H,26,29)/t15-/m1/s1. The molecule has 0 aliphatic carbocycles. The van der Waals surface area contributed by atoms with Crippen LogP contribution in [0.25, 0.3) is 0 Å². The third kappa shape index (κ3) is 7.18. The minimum atomic E-state index is -0.652. The van der Waals surface area contributed by atoms with Crippen molar-refractivity contribution in [2.24, 2.45) is 0 Å². The van der Waals surface area contributed by atoms with Crippen LogP contribution in [0.4, 0.5) is 4.39 Å². The lowest BCUT2D eigenvalue weighted by Crippen LogP contribution is -2.48. The zero-order valence-corrected chi connectivity index (χ0v) is 19.3. The monoisotopic (exact) mass is 470 g/mol. The second-order valence-corrected chi connectivity index (χ2v) is 8.64. The van der Waals surface area contributed by atoms with Crippen LogP contribution in [0, 0.1) is 5.82 Å². The predicted octanol–water partition coefficient (Wildman–Crippen LogP) is 5.31. The van der Waals surface area contributed by atoms with Crippen LogP contribution in [0.15, 0.2) is 42.5 Å². The Morgan fingerprint density at radius 1 is 1.20 bits per heavy atom. The number of thioether (sulfide) groups is 1. The van der Waals surface area contributed by atoms with E-state index in [0.717, 1.165) is 12.0 Å². The molecule has 0 aliphatic heterocycles. The highest BCUT2D eigenvalue weighted by atomic mass is 35.5. The molecular formula is C22H25Cl2FN2O2S. The second kappa shape index (κ2) is 12.2. The van der Waals surface area contributed by atoms with Crippen LogP contribution in [0.1, 0.15) is 31.4 Å². The predicted molar refractivity (Wildman–Crippen MR) is 122 cm³/mol. The molecule has 0 saturated carbocycles. The summed E-state index contributed by atoms with van der Waals surface area (Å²) in [4.78, 5) is 27.0. The summed E-state index contributed by atoms with van der Waals surface area (Å²) in [6, 6.07) is 11.0. The number of rotatable bonds is 10. The van der Waals surface area contributed by atoms with Gasteiger partial charge in [0.25, 0.3) is 0 Å². The molecule has 8 heteroatoms. The van der Waals surface area contributed by atoms with E-state index in [-0.39, 0.29) is 29.9 Å². The van der Waals surface area contributed by atoms with Gasteiger partial charge in [0, 0.05) is 34.5 Å². The number of carbonyl (C=O) groups is 2. The molecule has 2 aromatic rings. The first kappa shape index (κ1) is 24.5. The lowest BCUT2D eigenvalue weighted by molar-refractivity contribution is -0.138. The SMILES string of the molecule is CCCNC(=O)[C@@H](C)N(Cc1cccc(Cl)c1)C(=O)CSCc1c(F)cccc1Cl. The first-order chi connectivity index (χ1) is 14.3. The van der Waals surface area contributed by atoms with Crippen LogP contribution < -0.4 is 5.32 Å². The van der Waals surface area contributed by atoms with E-state index < -0.39 is 11.9 Å². The molecule has 1 atom stereocenters. The largest absolute Gasteiger partial charge is 0.354 e. The summed E-state index contributed by atoms with van der Waals surface area (Å²) in [7, 11) is 0. The van der Waals surface area contributed by atoms with E-state index >= 15 is 0 Å². The number of halogens is 3. The van der Waals surface area contributed by atoms with Crippen LogP contribution in [0.2, 0.25) is 10.0 Å². The van der Waals surface area contributed by atoms with Crippen molar-refractivity contribution >= 4 is 46.8 Å². The number of nitrogens with zero attached hydrogens (tertiary/aromatic N) is 1. The van der Waals surface area contributed by atoms with E-state index in [1.807, 2.05) is 13.0 Å². The molecule has 162 valence electrons. The van der Waals surface area contributed by atoms with E-state index in [1.54, 1.807) is 37.3 Å². The molecule has 30 heavy (non-hydrogen) atoms. The molecule has 0 bridgehead atoms. The Bertz CT molecular complexity index is 862. The van der Waals surface area contributed by atoms with Gasteiger partial charge in [-0.15, -0.1) is 11.8 Å². The number of nitrogens with one attached hydrogen (secondary N) is 1. The highest BCUT2D eigenvalue weighted by Crippen LogP contribution is 2.24. The smallest absolute Gasteiger partial charge is 0.242 e. The Balaban J connectivity index is 2.09. The summed E-state index contributed by atoms with van der Waals surface area (Å²) in [5.41, 5.74) is 1.19. The van der Waals surface area contributed by atoms with Crippen molar-refractivity contribution in [2.75, 3.05) is 12.3 Å². The van der Waals surface area contributed by atoms with Gasteiger partial charge in [-0.3, -0.25) is 9.59 Å². The quantitative estimate of drug-likeness (QED) is 0.511. The molecule has 1 N–H and O–H groups in total. The van der Waals surface area contributed by atoms with Crippen molar-refractivity contribution in [3.63, 3.8) is 0 Å². The summed E-state index contributed by atoms with van der Waals surface area (Å²) in [5, 5.41) is 3.72. The zero-order chi connectivity index (χ0) is 22.1. The van der Waals surface area contributed by atoms with Gasteiger partial charge in [-0.2, -0.15) is 0 Å². The van der Waals surface area contributed by atoms with E-state index in [0.29, 0.717) is 22.2 Å². The third-order valence-electron chi connectivity index (χ3n) is 4.49. The highest BCUT2D eigenvalue weighted by molar-refractivity contribution is 7.99. The molecule has 2 aromatic carbocycles. The fraction of sp³-hybridized carbons (Fsp3) is 0.364. The van der Waals surface area contributed by atoms with Gasteiger partial charge >= 0.3 is 0 Å². The van der Waals surface area contributed by atoms with Crippen LogP contribution >= 0.6 is 35.0 Å². The summed E-state index contributed by atoms with van der Waals surface area (Å²) >= 11 is 13.4. The molecule has 0 fully saturated rings. The number of hydrogen-bond donors (Lipinski definition) is 1. The molecule has 0 aromatic heterocycles. The van der Waals surface area contributed by atoms with E-state index in [1.165, 1.54) is 22.7 Å². The van der Waals surface area contributed by atoms with Gasteiger partial charge in [0.2, 0.25) is 11.8 Å². The highest BCUT2D eigenvalue weighted by Gasteiger charge is 2.26. The average Bonchev–Trinajstić information content (AvgIpc) is 2.71.